The molecule has 1 fully saturated rings. The fourth-order valence-electron chi connectivity index (χ4n) is 2.82. The molecule has 0 saturated carbocycles. The molecule has 1 aromatic heterocycles. The summed E-state index contributed by atoms with van der Waals surface area (Å²) in [6.45, 7) is 7.36. The number of carbonyl (C=O) groups is 1. The molecule has 6 nitrogen and oxygen atoms in total. The summed E-state index contributed by atoms with van der Waals surface area (Å²) in [6, 6.07) is 9.67. The van der Waals surface area contributed by atoms with E-state index in [0.717, 1.165) is 43.0 Å². The zero-order chi connectivity index (χ0) is 17.1. The van der Waals surface area contributed by atoms with E-state index in [-0.39, 0.29) is 5.91 Å². The van der Waals surface area contributed by atoms with Gasteiger partial charge in [-0.3, -0.25) is 4.79 Å². The maximum Gasteiger partial charge on any atom is 0.274 e. The van der Waals surface area contributed by atoms with Gasteiger partial charge < -0.3 is 15.1 Å². The SMILES string of the molecule is Cc1cccc(C)c1Nc1ccc(C(=O)N2CCN(C)CC2)nn1. The molecular weight excluding hydrogens is 302 g/mol. The minimum absolute atomic E-state index is 0.0470. The van der Waals surface area contributed by atoms with Gasteiger partial charge in [-0.25, -0.2) is 0 Å². The van der Waals surface area contributed by atoms with Crippen LogP contribution in [0.4, 0.5) is 11.5 Å². The zero-order valence-electron chi connectivity index (χ0n) is 14.4. The van der Waals surface area contributed by atoms with Crippen molar-refractivity contribution in [3.63, 3.8) is 0 Å². The predicted octanol–water partition coefficient (Wildman–Crippen LogP) is 2.22. The lowest BCUT2D eigenvalue weighted by atomic mass is 10.1. The minimum atomic E-state index is -0.0470. The summed E-state index contributed by atoms with van der Waals surface area (Å²) in [7, 11) is 2.07. The van der Waals surface area contributed by atoms with E-state index in [9.17, 15) is 4.79 Å². The number of rotatable bonds is 3. The number of aryl methyl sites for hydroxylation is 2. The third kappa shape index (κ3) is 3.54. The molecule has 0 bridgehead atoms. The molecule has 1 aliphatic heterocycles. The van der Waals surface area contributed by atoms with Gasteiger partial charge in [-0.2, -0.15) is 0 Å². The van der Waals surface area contributed by atoms with Gasteiger partial charge in [-0.05, 0) is 44.2 Å². The van der Waals surface area contributed by atoms with Crippen molar-refractivity contribution < 1.29 is 4.79 Å². The highest BCUT2D eigenvalue weighted by Crippen LogP contribution is 2.23. The Morgan fingerprint density at radius 3 is 2.25 bits per heavy atom. The number of benzene rings is 1. The van der Waals surface area contributed by atoms with Gasteiger partial charge in [-0.1, -0.05) is 18.2 Å². The van der Waals surface area contributed by atoms with E-state index in [1.54, 1.807) is 6.07 Å². The van der Waals surface area contributed by atoms with Crippen LogP contribution in [0, 0.1) is 13.8 Å². The van der Waals surface area contributed by atoms with Crippen molar-refractivity contribution in [1.82, 2.24) is 20.0 Å². The highest BCUT2D eigenvalue weighted by atomic mass is 16.2. The van der Waals surface area contributed by atoms with Crippen molar-refractivity contribution >= 4 is 17.4 Å². The third-order valence-corrected chi connectivity index (χ3v) is 4.41. The average Bonchev–Trinajstić information content (AvgIpc) is 2.59. The molecule has 0 atom stereocenters. The first-order valence-corrected chi connectivity index (χ1v) is 8.19. The highest BCUT2D eigenvalue weighted by molar-refractivity contribution is 5.92. The van der Waals surface area contributed by atoms with Crippen LogP contribution in [-0.4, -0.2) is 59.1 Å². The highest BCUT2D eigenvalue weighted by Gasteiger charge is 2.21. The molecule has 2 aromatic rings. The Hall–Kier alpha value is -2.47. The molecule has 3 rings (SSSR count). The number of amides is 1. The van der Waals surface area contributed by atoms with Crippen LogP contribution < -0.4 is 5.32 Å². The molecule has 6 heteroatoms. The lowest BCUT2D eigenvalue weighted by molar-refractivity contribution is 0.0657. The molecular formula is C18H23N5O. The van der Waals surface area contributed by atoms with Crippen LogP contribution in [0.1, 0.15) is 21.6 Å². The topological polar surface area (TPSA) is 61.4 Å². The van der Waals surface area contributed by atoms with Crippen molar-refractivity contribution in [2.24, 2.45) is 0 Å². The summed E-state index contributed by atoms with van der Waals surface area (Å²) in [5.41, 5.74) is 3.72. The number of nitrogens with zero attached hydrogens (tertiary/aromatic N) is 4. The van der Waals surface area contributed by atoms with Gasteiger partial charge >= 0.3 is 0 Å². The monoisotopic (exact) mass is 325 g/mol. The first kappa shape index (κ1) is 16.4. The van der Waals surface area contributed by atoms with E-state index >= 15 is 0 Å². The van der Waals surface area contributed by atoms with Crippen molar-refractivity contribution in [2.75, 3.05) is 38.5 Å². The van der Waals surface area contributed by atoms with E-state index in [0.29, 0.717) is 11.5 Å². The first-order valence-electron chi connectivity index (χ1n) is 8.19. The molecule has 0 radical (unpaired) electrons. The molecule has 24 heavy (non-hydrogen) atoms. The molecule has 0 aliphatic carbocycles. The Morgan fingerprint density at radius 2 is 1.67 bits per heavy atom. The minimum Gasteiger partial charge on any atom is -0.338 e. The van der Waals surface area contributed by atoms with Crippen molar-refractivity contribution in [3.8, 4) is 0 Å². The van der Waals surface area contributed by atoms with Crippen molar-refractivity contribution in [2.45, 2.75) is 13.8 Å². The molecule has 2 heterocycles. The normalized spacial score (nSPS) is 15.4. The Balaban J connectivity index is 1.70. The van der Waals surface area contributed by atoms with Gasteiger partial charge in [0.15, 0.2) is 11.5 Å². The van der Waals surface area contributed by atoms with Crippen LogP contribution >= 0.6 is 0 Å². The van der Waals surface area contributed by atoms with Gasteiger partial charge in [0.05, 0.1) is 0 Å². The van der Waals surface area contributed by atoms with E-state index in [4.69, 9.17) is 0 Å². The van der Waals surface area contributed by atoms with Gasteiger partial charge in [0.1, 0.15) is 0 Å². The average molecular weight is 325 g/mol. The summed E-state index contributed by atoms with van der Waals surface area (Å²) < 4.78 is 0. The second-order valence-electron chi connectivity index (χ2n) is 6.29. The lowest BCUT2D eigenvalue weighted by Gasteiger charge is -2.32. The zero-order valence-corrected chi connectivity index (χ0v) is 14.4. The van der Waals surface area contributed by atoms with Crippen LogP contribution in [-0.2, 0) is 0 Å². The van der Waals surface area contributed by atoms with Crippen molar-refractivity contribution in [1.29, 1.82) is 0 Å². The van der Waals surface area contributed by atoms with Gasteiger partial charge in [0.2, 0.25) is 0 Å². The summed E-state index contributed by atoms with van der Waals surface area (Å²) in [5, 5.41) is 11.6. The molecule has 0 spiro atoms. The number of anilines is 2. The largest absolute Gasteiger partial charge is 0.338 e. The van der Waals surface area contributed by atoms with Crippen LogP contribution in [0.5, 0.6) is 0 Å². The fourth-order valence-corrected chi connectivity index (χ4v) is 2.82. The number of hydrogen-bond donors (Lipinski definition) is 1. The molecule has 1 N–H and O–H groups in total. The number of likely N-dealkylation sites (N-methyl/N-ethyl adjacent to an activating group) is 1. The molecule has 1 amide bonds. The Bertz CT molecular complexity index is 700. The Kier molecular flexibility index (Phi) is 4.76. The number of nitrogens with one attached hydrogen (secondary N) is 1. The van der Waals surface area contributed by atoms with E-state index < -0.39 is 0 Å². The second kappa shape index (κ2) is 6.97. The predicted molar refractivity (Wildman–Crippen MR) is 94.6 cm³/mol. The van der Waals surface area contributed by atoms with E-state index in [1.165, 1.54) is 0 Å². The fraction of sp³-hybridized carbons (Fsp3) is 0.389. The molecule has 126 valence electrons. The summed E-state index contributed by atoms with van der Waals surface area (Å²) >= 11 is 0. The number of hydrogen-bond acceptors (Lipinski definition) is 5. The second-order valence-corrected chi connectivity index (χ2v) is 6.29. The maximum atomic E-state index is 12.5. The quantitative estimate of drug-likeness (QED) is 0.937. The summed E-state index contributed by atoms with van der Waals surface area (Å²) in [4.78, 5) is 16.5. The van der Waals surface area contributed by atoms with Crippen LogP contribution in [0.3, 0.4) is 0 Å². The third-order valence-electron chi connectivity index (χ3n) is 4.41. The summed E-state index contributed by atoms with van der Waals surface area (Å²) in [5.74, 6) is 0.594. The lowest BCUT2D eigenvalue weighted by Crippen LogP contribution is -2.47. The number of aromatic nitrogens is 2. The summed E-state index contributed by atoms with van der Waals surface area (Å²) in [6.07, 6.45) is 0. The van der Waals surface area contributed by atoms with Gasteiger partial charge in [-0.15, -0.1) is 10.2 Å². The van der Waals surface area contributed by atoms with Crippen LogP contribution in [0.25, 0.3) is 0 Å². The standard InChI is InChI=1S/C18H23N5O/c1-13-5-4-6-14(2)17(13)19-16-8-7-15(20-21-16)18(24)23-11-9-22(3)10-12-23/h4-8H,9-12H2,1-3H3,(H,19,21). The molecule has 1 saturated heterocycles. The smallest absolute Gasteiger partial charge is 0.274 e. The number of carbonyl (C=O) groups excluding carboxylic acids is 1. The van der Waals surface area contributed by atoms with Gasteiger partial charge in [0.25, 0.3) is 5.91 Å². The number of para-hydroxylation sites is 1. The number of piperazine rings is 1. The van der Waals surface area contributed by atoms with E-state index in [2.05, 4.69) is 27.5 Å². The van der Waals surface area contributed by atoms with Crippen LogP contribution in [0.2, 0.25) is 0 Å². The van der Waals surface area contributed by atoms with Crippen LogP contribution in [0.15, 0.2) is 30.3 Å². The molecule has 1 aromatic carbocycles. The van der Waals surface area contributed by atoms with E-state index in [1.807, 2.05) is 43.0 Å². The van der Waals surface area contributed by atoms with Gasteiger partial charge in [0, 0.05) is 31.9 Å². The first-order chi connectivity index (χ1) is 11.5. The van der Waals surface area contributed by atoms with Crippen molar-refractivity contribution in [3.05, 3.63) is 47.2 Å². The Morgan fingerprint density at radius 1 is 1.00 bits per heavy atom. The molecule has 1 aliphatic rings. The Labute approximate surface area is 142 Å². The molecule has 0 unspecified atom stereocenters. The maximum absolute atomic E-state index is 12.5.